The van der Waals surface area contributed by atoms with Crippen molar-refractivity contribution in [3.63, 3.8) is 0 Å². The molecule has 0 aromatic carbocycles. The van der Waals surface area contributed by atoms with Crippen LogP contribution in [0.5, 0.6) is 5.88 Å². The van der Waals surface area contributed by atoms with Crippen molar-refractivity contribution in [2.75, 3.05) is 43.6 Å². The second-order valence-electron chi connectivity index (χ2n) is 4.99. The summed E-state index contributed by atoms with van der Waals surface area (Å²) in [6.45, 7) is 2.80. The number of carbonyl (C=O) groups excluding carboxylic acids is 1. The highest BCUT2D eigenvalue weighted by atomic mass is 16.5. The van der Waals surface area contributed by atoms with E-state index in [1.807, 2.05) is 6.07 Å². The van der Waals surface area contributed by atoms with E-state index in [1.54, 1.807) is 30.6 Å². The Morgan fingerprint density at radius 2 is 1.96 bits per heavy atom. The van der Waals surface area contributed by atoms with Crippen molar-refractivity contribution in [3.8, 4) is 5.88 Å². The van der Waals surface area contributed by atoms with Crippen molar-refractivity contribution >= 4 is 17.4 Å². The molecule has 1 aliphatic heterocycles. The minimum Gasteiger partial charge on any atom is -0.480 e. The zero-order chi connectivity index (χ0) is 16.1. The van der Waals surface area contributed by atoms with E-state index in [2.05, 4.69) is 20.2 Å². The number of anilines is 2. The van der Waals surface area contributed by atoms with Crippen LogP contribution in [0, 0.1) is 0 Å². The van der Waals surface area contributed by atoms with Gasteiger partial charge < -0.3 is 19.7 Å². The lowest BCUT2D eigenvalue weighted by molar-refractivity contribution is 0.102. The fourth-order valence-electron chi connectivity index (χ4n) is 2.44. The molecule has 7 heteroatoms. The largest absolute Gasteiger partial charge is 0.480 e. The molecule has 1 saturated heterocycles. The van der Waals surface area contributed by atoms with Gasteiger partial charge in [-0.1, -0.05) is 0 Å². The van der Waals surface area contributed by atoms with Crippen molar-refractivity contribution < 1.29 is 14.3 Å². The van der Waals surface area contributed by atoms with Gasteiger partial charge in [0.2, 0.25) is 5.88 Å². The van der Waals surface area contributed by atoms with Gasteiger partial charge in [-0.15, -0.1) is 0 Å². The van der Waals surface area contributed by atoms with Crippen molar-refractivity contribution in [2.45, 2.75) is 0 Å². The molecule has 1 fully saturated rings. The molecule has 7 nitrogen and oxygen atoms in total. The Balaban J connectivity index is 1.84. The average Bonchev–Trinajstić information content (AvgIpc) is 2.63. The van der Waals surface area contributed by atoms with Crippen LogP contribution < -0.4 is 15.0 Å². The van der Waals surface area contributed by atoms with Crippen LogP contribution in [0.25, 0.3) is 0 Å². The fourth-order valence-corrected chi connectivity index (χ4v) is 2.44. The number of methoxy groups -OCH3 is 1. The summed E-state index contributed by atoms with van der Waals surface area (Å²) in [5.74, 6) is 0.756. The summed E-state index contributed by atoms with van der Waals surface area (Å²) in [7, 11) is 1.49. The molecule has 0 unspecified atom stereocenters. The summed E-state index contributed by atoms with van der Waals surface area (Å²) < 4.78 is 10.5. The number of nitrogens with zero attached hydrogens (tertiary/aromatic N) is 3. The van der Waals surface area contributed by atoms with Gasteiger partial charge in [-0.25, -0.2) is 9.97 Å². The van der Waals surface area contributed by atoms with Crippen molar-refractivity contribution in [2.24, 2.45) is 0 Å². The lowest BCUT2D eigenvalue weighted by Gasteiger charge is -2.29. The van der Waals surface area contributed by atoms with E-state index in [-0.39, 0.29) is 5.91 Å². The van der Waals surface area contributed by atoms with Gasteiger partial charge in [0.15, 0.2) is 5.82 Å². The highest BCUT2D eigenvalue weighted by Crippen LogP contribution is 2.25. The van der Waals surface area contributed by atoms with Crippen LogP contribution >= 0.6 is 0 Å². The van der Waals surface area contributed by atoms with Crippen molar-refractivity contribution in [1.82, 2.24) is 9.97 Å². The van der Waals surface area contributed by atoms with Gasteiger partial charge in [0.05, 0.1) is 26.0 Å². The van der Waals surface area contributed by atoms with Crippen molar-refractivity contribution in [1.29, 1.82) is 0 Å². The third kappa shape index (κ3) is 3.40. The maximum atomic E-state index is 12.5. The molecule has 0 spiro atoms. The summed E-state index contributed by atoms with van der Waals surface area (Å²) in [5, 5.41) is 2.89. The third-order valence-corrected chi connectivity index (χ3v) is 3.55. The average molecular weight is 314 g/mol. The topological polar surface area (TPSA) is 76.6 Å². The number of nitrogens with one attached hydrogen (secondary N) is 1. The van der Waals surface area contributed by atoms with Gasteiger partial charge in [0, 0.05) is 25.5 Å². The predicted octanol–water partition coefficient (Wildman–Crippen LogP) is 1.57. The predicted molar refractivity (Wildman–Crippen MR) is 86.0 cm³/mol. The third-order valence-electron chi connectivity index (χ3n) is 3.55. The molecule has 1 amide bonds. The molecule has 0 radical (unpaired) electrons. The van der Waals surface area contributed by atoms with E-state index >= 15 is 0 Å². The first-order chi connectivity index (χ1) is 11.3. The maximum Gasteiger partial charge on any atom is 0.261 e. The van der Waals surface area contributed by atoms with E-state index < -0.39 is 0 Å². The first kappa shape index (κ1) is 15.2. The molecule has 3 heterocycles. The Labute approximate surface area is 134 Å². The van der Waals surface area contributed by atoms with Crippen LogP contribution in [0.15, 0.2) is 36.7 Å². The van der Waals surface area contributed by atoms with Gasteiger partial charge in [-0.2, -0.15) is 0 Å². The number of carbonyl (C=O) groups is 1. The van der Waals surface area contributed by atoms with Crippen LogP contribution in [-0.2, 0) is 4.74 Å². The van der Waals surface area contributed by atoms with Crippen LogP contribution in [-0.4, -0.2) is 49.3 Å². The molecule has 120 valence electrons. The number of morpholine rings is 1. The Kier molecular flexibility index (Phi) is 4.68. The van der Waals surface area contributed by atoms with Crippen LogP contribution in [0.4, 0.5) is 11.5 Å². The summed E-state index contributed by atoms with van der Waals surface area (Å²) in [4.78, 5) is 23.1. The number of hydrogen-bond acceptors (Lipinski definition) is 6. The molecule has 0 bridgehead atoms. The number of pyridine rings is 2. The standard InChI is InChI=1S/C16H18N4O3/c1-22-16-12(4-2-7-18-16)15(21)19-13-5-3-6-17-14(13)20-8-10-23-11-9-20/h2-7H,8-11H2,1H3,(H,19,21). The molecule has 0 aliphatic carbocycles. The minimum absolute atomic E-state index is 0.280. The molecule has 23 heavy (non-hydrogen) atoms. The molecule has 1 N–H and O–H groups in total. The maximum absolute atomic E-state index is 12.5. The first-order valence-electron chi connectivity index (χ1n) is 7.37. The summed E-state index contributed by atoms with van der Waals surface area (Å²) >= 11 is 0. The molecule has 1 aliphatic rings. The SMILES string of the molecule is COc1ncccc1C(=O)Nc1cccnc1N1CCOCC1. The molecular weight excluding hydrogens is 296 g/mol. The van der Waals surface area contributed by atoms with Gasteiger partial charge in [-0.3, -0.25) is 4.79 Å². The summed E-state index contributed by atoms with van der Waals surface area (Å²) in [6.07, 6.45) is 3.30. The second-order valence-corrected chi connectivity index (χ2v) is 4.99. The highest BCUT2D eigenvalue weighted by Gasteiger charge is 2.19. The molecule has 0 atom stereocenters. The number of ether oxygens (including phenoxy) is 2. The Bertz CT molecular complexity index is 687. The van der Waals surface area contributed by atoms with E-state index in [4.69, 9.17) is 9.47 Å². The van der Waals surface area contributed by atoms with Gasteiger partial charge >= 0.3 is 0 Å². The van der Waals surface area contributed by atoms with Gasteiger partial charge in [-0.05, 0) is 24.3 Å². The fraction of sp³-hybridized carbons (Fsp3) is 0.312. The summed E-state index contributed by atoms with van der Waals surface area (Å²) in [6, 6.07) is 6.99. The lowest BCUT2D eigenvalue weighted by atomic mass is 10.2. The van der Waals surface area contributed by atoms with Gasteiger partial charge in [0.1, 0.15) is 5.56 Å². The van der Waals surface area contributed by atoms with Gasteiger partial charge in [0.25, 0.3) is 5.91 Å². The number of hydrogen-bond donors (Lipinski definition) is 1. The van der Waals surface area contributed by atoms with Crippen LogP contribution in [0.3, 0.4) is 0 Å². The van der Waals surface area contributed by atoms with Crippen LogP contribution in [0.2, 0.25) is 0 Å². The Hall–Kier alpha value is -2.67. The zero-order valence-electron chi connectivity index (χ0n) is 12.9. The zero-order valence-corrected chi connectivity index (χ0v) is 12.9. The number of aromatic nitrogens is 2. The Morgan fingerprint density at radius 3 is 2.74 bits per heavy atom. The Morgan fingerprint density at radius 1 is 1.22 bits per heavy atom. The van der Waals surface area contributed by atoms with Crippen LogP contribution in [0.1, 0.15) is 10.4 Å². The molecule has 2 aromatic heterocycles. The van der Waals surface area contributed by atoms with E-state index in [0.29, 0.717) is 30.3 Å². The smallest absolute Gasteiger partial charge is 0.261 e. The van der Waals surface area contributed by atoms with E-state index in [0.717, 1.165) is 18.9 Å². The van der Waals surface area contributed by atoms with E-state index in [1.165, 1.54) is 7.11 Å². The molecule has 0 saturated carbocycles. The molecule has 3 rings (SSSR count). The molecular formula is C16H18N4O3. The number of rotatable bonds is 4. The van der Waals surface area contributed by atoms with E-state index in [9.17, 15) is 4.79 Å². The normalized spacial score (nSPS) is 14.4. The number of amides is 1. The monoisotopic (exact) mass is 314 g/mol. The summed E-state index contributed by atoms with van der Waals surface area (Å²) in [5.41, 5.74) is 1.04. The minimum atomic E-state index is -0.280. The molecule has 2 aromatic rings. The first-order valence-corrected chi connectivity index (χ1v) is 7.37. The second kappa shape index (κ2) is 7.06. The quantitative estimate of drug-likeness (QED) is 0.923. The lowest BCUT2D eigenvalue weighted by Crippen LogP contribution is -2.37. The highest BCUT2D eigenvalue weighted by molar-refractivity contribution is 6.07. The van der Waals surface area contributed by atoms with Crippen molar-refractivity contribution in [3.05, 3.63) is 42.2 Å².